The van der Waals surface area contributed by atoms with Gasteiger partial charge in [-0.1, -0.05) is 28.1 Å². The van der Waals surface area contributed by atoms with E-state index >= 15 is 0 Å². The summed E-state index contributed by atoms with van der Waals surface area (Å²) in [6.07, 6.45) is -4.69. The summed E-state index contributed by atoms with van der Waals surface area (Å²) in [5.74, 6) is -0.562. The van der Waals surface area contributed by atoms with E-state index in [-0.39, 0.29) is 21.5 Å². The normalized spacial score (nSPS) is 15.3. The Kier molecular flexibility index (Phi) is 6.84. The fraction of sp³-hybridized carbons (Fsp3) is 0.350. The zero-order valence-corrected chi connectivity index (χ0v) is 19.8. The van der Waals surface area contributed by atoms with E-state index in [1.54, 1.807) is 24.3 Å². The Morgan fingerprint density at radius 1 is 1.19 bits per heavy atom. The van der Waals surface area contributed by atoms with Crippen LogP contribution in [0.1, 0.15) is 16.2 Å². The molecule has 1 fully saturated rings. The summed E-state index contributed by atoms with van der Waals surface area (Å²) >= 11 is 6.54. The topological polar surface area (TPSA) is 73.0 Å². The van der Waals surface area contributed by atoms with Gasteiger partial charge in [0.25, 0.3) is 5.91 Å². The number of carbonyl (C=O) groups excluding carboxylic acids is 1. The first-order valence-electron chi connectivity index (χ1n) is 9.86. The number of fused-ring (bicyclic) bond motifs is 1. The van der Waals surface area contributed by atoms with Crippen molar-refractivity contribution in [3.8, 4) is 11.3 Å². The third-order valence-electron chi connectivity index (χ3n) is 5.14. The molecule has 1 aliphatic rings. The third kappa shape index (κ3) is 4.98. The number of nitrogens with zero attached hydrogens (tertiary/aromatic N) is 3. The maximum Gasteiger partial charge on any atom is 0.433 e. The van der Waals surface area contributed by atoms with Crippen LogP contribution in [0.3, 0.4) is 0 Å². The Labute approximate surface area is 198 Å². The van der Waals surface area contributed by atoms with Gasteiger partial charge in [-0.05, 0) is 34.1 Å². The van der Waals surface area contributed by atoms with Crippen LogP contribution in [0, 0.1) is 0 Å². The van der Waals surface area contributed by atoms with Crippen molar-refractivity contribution in [3.63, 3.8) is 0 Å². The number of hydrogen-bond donors (Lipinski definition) is 2. The van der Waals surface area contributed by atoms with Crippen molar-refractivity contribution in [3.05, 3.63) is 50.7 Å². The van der Waals surface area contributed by atoms with Gasteiger partial charge in [-0.15, -0.1) is 0 Å². The van der Waals surface area contributed by atoms with Crippen molar-refractivity contribution in [2.24, 2.45) is 0 Å². The van der Waals surface area contributed by atoms with Gasteiger partial charge < -0.3 is 15.0 Å². The lowest BCUT2D eigenvalue weighted by Gasteiger charge is -2.23. The molecule has 2 N–H and O–H groups in total. The number of amides is 1. The maximum absolute atomic E-state index is 13.8. The van der Waals surface area contributed by atoms with Crippen LogP contribution in [-0.4, -0.2) is 59.9 Å². The van der Waals surface area contributed by atoms with Gasteiger partial charge in [0.2, 0.25) is 0 Å². The molecule has 170 valence electrons. The van der Waals surface area contributed by atoms with Crippen LogP contribution in [0.4, 0.5) is 13.2 Å². The molecular formula is C20H19Br2F3N5O2+. The highest BCUT2D eigenvalue weighted by Crippen LogP contribution is 2.34. The Balaban J connectivity index is 1.65. The highest BCUT2D eigenvalue weighted by atomic mass is 79.9. The lowest BCUT2D eigenvalue weighted by molar-refractivity contribution is -0.906. The van der Waals surface area contributed by atoms with E-state index in [4.69, 9.17) is 4.74 Å². The molecule has 0 spiro atoms. The minimum absolute atomic E-state index is 0.0818. The van der Waals surface area contributed by atoms with E-state index in [1.165, 1.54) is 4.90 Å². The van der Waals surface area contributed by atoms with Crippen LogP contribution < -0.4 is 10.2 Å². The molecule has 0 atom stereocenters. The molecule has 4 rings (SSSR count). The summed E-state index contributed by atoms with van der Waals surface area (Å²) in [6, 6.07) is 7.69. The van der Waals surface area contributed by atoms with Gasteiger partial charge in [0.1, 0.15) is 13.1 Å². The number of alkyl halides is 3. The Bertz CT molecular complexity index is 1130. The summed E-state index contributed by atoms with van der Waals surface area (Å²) in [7, 11) is 0. The number of carbonyl (C=O) groups is 1. The number of aromatic nitrogens is 3. The molecule has 0 aliphatic carbocycles. The molecule has 7 nitrogen and oxygen atoms in total. The highest BCUT2D eigenvalue weighted by molar-refractivity contribution is 9.11. The first-order valence-corrected chi connectivity index (χ1v) is 11.4. The Morgan fingerprint density at radius 2 is 1.88 bits per heavy atom. The molecule has 3 heterocycles. The number of morpholine rings is 1. The van der Waals surface area contributed by atoms with Gasteiger partial charge >= 0.3 is 6.18 Å². The standard InChI is InChI=1S/C20H18Br2F3N5O2/c21-13-3-1-12(2-4-13)14-11-15(20(23,24)25)30-18(27-14)16(22)17(28-30)19(31)26-5-6-29-7-9-32-10-8-29/h1-4,11H,5-10H2,(H,26,31)/p+1. The first kappa shape index (κ1) is 23.1. The highest BCUT2D eigenvalue weighted by Gasteiger charge is 2.36. The molecule has 1 aromatic carbocycles. The number of benzene rings is 1. The van der Waals surface area contributed by atoms with Crippen LogP contribution in [-0.2, 0) is 10.9 Å². The predicted molar refractivity (Wildman–Crippen MR) is 118 cm³/mol. The molecule has 0 radical (unpaired) electrons. The van der Waals surface area contributed by atoms with Gasteiger partial charge in [0.15, 0.2) is 17.0 Å². The molecule has 1 amide bonds. The zero-order chi connectivity index (χ0) is 22.9. The van der Waals surface area contributed by atoms with Crippen LogP contribution in [0.15, 0.2) is 39.3 Å². The Morgan fingerprint density at radius 3 is 2.53 bits per heavy atom. The summed E-state index contributed by atoms with van der Waals surface area (Å²) in [5, 5.41) is 6.67. The number of halogens is 5. The van der Waals surface area contributed by atoms with Crippen LogP contribution in [0.5, 0.6) is 0 Å². The fourth-order valence-electron chi connectivity index (χ4n) is 3.45. The number of quaternary nitrogens is 1. The largest absolute Gasteiger partial charge is 0.433 e. The maximum atomic E-state index is 13.8. The molecular weight excluding hydrogens is 559 g/mol. The molecule has 2 aromatic heterocycles. The second kappa shape index (κ2) is 9.46. The summed E-state index contributed by atoms with van der Waals surface area (Å²) in [5.41, 5.74) is -0.609. The second-order valence-electron chi connectivity index (χ2n) is 7.30. The molecule has 12 heteroatoms. The monoisotopic (exact) mass is 576 g/mol. The second-order valence-corrected chi connectivity index (χ2v) is 9.01. The summed E-state index contributed by atoms with van der Waals surface area (Å²) in [4.78, 5) is 18.3. The van der Waals surface area contributed by atoms with Crippen molar-refractivity contribution in [1.29, 1.82) is 0 Å². The smallest absolute Gasteiger partial charge is 0.370 e. The van der Waals surface area contributed by atoms with E-state index in [2.05, 4.69) is 47.3 Å². The average Bonchev–Trinajstić information content (AvgIpc) is 3.10. The van der Waals surface area contributed by atoms with E-state index in [0.29, 0.717) is 36.4 Å². The summed E-state index contributed by atoms with van der Waals surface area (Å²) < 4.78 is 48.3. The SMILES string of the molecule is O=C(NCC[NH+]1CCOCC1)c1nn2c(C(F)(F)F)cc(-c3ccc(Br)cc3)nc2c1Br. The van der Waals surface area contributed by atoms with E-state index in [9.17, 15) is 18.0 Å². The molecule has 1 saturated heterocycles. The van der Waals surface area contributed by atoms with Gasteiger partial charge in [-0.25, -0.2) is 9.50 Å². The third-order valence-corrected chi connectivity index (χ3v) is 6.40. The molecule has 32 heavy (non-hydrogen) atoms. The van der Waals surface area contributed by atoms with Crippen molar-refractivity contribution >= 4 is 43.4 Å². The van der Waals surface area contributed by atoms with Crippen molar-refractivity contribution in [1.82, 2.24) is 19.9 Å². The number of rotatable bonds is 5. The van der Waals surface area contributed by atoms with E-state index < -0.39 is 17.8 Å². The lowest BCUT2D eigenvalue weighted by Crippen LogP contribution is -3.14. The molecule has 3 aromatic rings. The molecule has 0 unspecified atom stereocenters. The summed E-state index contributed by atoms with van der Waals surface area (Å²) in [6.45, 7) is 4.12. The average molecular weight is 578 g/mol. The number of ether oxygens (including phenoxy) is 1. The Hall–Kier alpha value is -2.02. The van der Waals surface area contributed by atoms with Gasteiger partial charge in [-0.2, -0.15) is 18.3 Å². The van der Waals surface area contributed by atoms with Gasteiger partial charge in [-0.3, -0.25) is 4.79 Å². The first-order chi connectivity index (χ1) is 15.2. The molecule has 0 bridgehead atoms. The minimum atomic E-state index is -4.69. The van der Waals surface area contributed by atoms with Crippen LogP contribution in [0.25, 0.3) is 16.9 Å². The van der Waals surface area contributed by atoms with E-state index in [0.717, 1.165) is 23.6 Å². The van der Waals surface area contributed by atoms with Crippen molar-refractivity contribution in [2.45, 2.75) is 6.18 Å². The molecule has 0 saturated carbocycles. The minimum Gasteiger partial charge on any atom is -0.370 e. The predicted octanol–water partition coefficient (Wildman–Crippen LogP) is 2.59. The zero-order valence-electron chi connectivity index (χ0n) is 16.7. The van der Waals surface area contributed by atoms with Crippen molar-refractivity contribution in [2.75, 3.05) is 39.4 Å². The van der Waals surface area contributed by atoms with Gasteiger partial charge in [0, 0.05) is 10.0 Å². The fourth-order valence-corrected chi connectivity index (χ4v) is 4.23. The lowest BCUT2D eigenvalue weighted by atomic mass is 10.1. The van der Waals surface area contributed by atoms with E-state index in [1.807, 2.05) is 0 Å². The van der Waals surface area contributed by atoms with Crippen LogP contribution in [0.2, 0.25) is 0 Å². The quantitative estimate of drug-likeness (QED) is 0.489. The molecule has 1 aliphatic heterocycles. The van der Waals surface area contributed by atoms with Gasteiger partial charge in [0.05, 0.1) is 36.5 Å². The van der Waals surface area contributed by atoms with Crippen molar-refractivity contribution < 1.29 is 27.6 Å². The number of hydrogen-bond acceptors (Lipinski definition) is 4. The van der Waals surface area contributed by atoms with Crippen LogP contribution >= 0.6 is 31.9 Å². The number of nitrogens with one attached hydrogen (secondary N) is 2.